The van der Waals surface area contributed by atoms with Crippen molar-refractivity contribution in [2.24, 2.45) is 0 Å². The van der Waals surface area contributed by atoms with Crippen molar-refractivity contribution in [2.45, 2.75) is 90.4 Å². The SMILES string of the molecule is CC(C)c1nc(NC2CCCCC2)c2c(c1C#N)CC(C)(C)OC2. The lowest BCUT2D eigenvalue weighted by Gasteiger charge is -2.35. The second-order valence-corrected chi connectivity index (χ2v) is 8.15. The molecule has 1 aromatic heterocycles. The van der Waals surface area contributed by atoms with Gasteiger partial charge in [-0.1, -0.05) is 33.1 Å². The Morgan fingerprint density at radius 3 is 2.54 bits per heavy atom. The molecule has 1 aromatic rings. The van der Waals surface area contributed by atoms with Gasteiger partial charge in [0.05, 0.1) is 23.5 Å². The van der Waals surface area contributed by atoms with Crippen LogP contribution in [0, 0.1) is 11.3 Å². The molecule has 4 nitrogen and oxygen atoms in total. The van der Waals surface area contributed by atoms with Crippen LogP contribution in [0.4, 0.5) is 5.82 Å². The van der Waals surface area contributed by atoms with Gasteiger partial charge in [0.1, 0.15) is 11.9 Å². The molecule has 0 spiro atoms. The minimum Gasteiger partial charge on any atom is -0.370 e. The monoisotopic (exact) mass is 327 g/mol. The highest BCUT2D eigenvalue weighted by atomic mass is 16.5. The molecule has 0 bridgehead atoms. The summed E-state index contributed by atoms with van der Waals surface area (Å²) in [5, 5.41) is 13.4. The number of nitriles is 1. The molecule has 3 rings (SSSR count). The molecule has 0 atom stereocenters. The lowest BCUT2D eigenvalue weighted by Crippen LogP contribution is -2.34. The van der Waals surface area contributed by atoms with Crippen molar-refractivity contribution in [1.82, 2.24) is 4.98 Å². The number of rotatable bonds is 3. The molecule has 0 radical (unpaired) electrons. The Labute approximate surface area is 145 Å². The fourth-order valence-electron chi connectivity index (χ4n) is 3.89. The van der Waals surface area contributed by atoms with Crippen molar-refractivity contribution in [3.8, 4) is 6.07 Å². The first-order valence-electron chi connectivity index (χ1n) is 9.27. The van der Waals surface area contributed by atoms with Gasteiger partial charge in [-0.3, -0.25) is 0 Å². The summed E-state index contributed by atoms with van der Waals surface area (Å²) < 4.78 is 6.03. The minimum atomic E-state index is -0.226. The van der Waals surface area contributed by atoms with E-state index in [0.29, 0.717) is 12.6 Å². The second-order valence-electron chi connectivity index (χ2n) is 8.15. The van der Waals surface area contributed by atoms with E-state index in [0.717, 1.165) is 34.6 Å². The van der Waals surface area contributed by atoms with Gasteiger partial charge in [0, 0.05) is 18.0 Å². The summed E-state index contributed by atoms with van der Waals surface area (Å²) in [4.78, 5) is 4.88. The van der Waals surface area contributed by atoms with Crippen LogP contribution in [0.25, 0.3) is 0 Å². The van der Waals surface area contributed by atoms with Gasteiger partial charge in [-0.2, -0.15) is 5.26 Å². The first-order chi connectivity index (χ1) is 11.4. The molecule has 4 heteroatoms. The van der Waals surface area contributed by atoms with E-state index in [4.69, 9.17) is 9.72 Å². The third-order valence-electron chi connectivity index (χ3n) is 5.25. The zero-order valence-electron chi connectivity index (χ0n) is 15.4. The molecule has 0 saturated heterocycles. The van der Waals surface area contributed by atoms with Gasteiger partial charge >= 0.3 is 0 Å². The third-order valence-corrected chi connectivity index (χ3v) is 5.25. The van der Waals surface area contributed by atoms with Crippen LogP contribution in [0.3, 0.4) is 0 Å². The highest BCUT2D eigenvalue weighted by Gasteiger charge is 2.32. The smallest absolute Gasteiger partial charge is 0.132 e. The second kappa shape index (κ2) is 6.72. The first kappa shape index (κ1) is 17.2. The van der Waals surface area contributed by atoms with E-state index >= 15 is 0 Å². The van der Waals surface area contributed by atoms with Crippen LogP contribution in [0.1, 0.15) is 88.1 Å². The number of aromatic nitrogens is 1. The van der Waals surface area contributed by atoms with Crippen molar-refractivity contribution in [3.63, 3.8) is 0 Å². The van der Waals surface area contributed by atoms with Crippen LogP contribution >= 0.6 is 0 Å². The first-order valence-corrected chi connectivity index (χ1v) is 9.27. The van der Waals surface area contributed by atoms with E-state index in [-0.39, 0.29) is 11.5 Å². The van der Waals surface area contributed by atoms with Gasteiger partial charge in [-0.15, -0.1) is 0 Å². The Morgan fingerprint density at radius 1 is 1.21 bits per heavy atom. The van der Waals surface area contributed by atoms with Gasteiger partial charge in [-0.05, 0) is 38.2 Å². The number of pyridine rings is 1. The molecule has 1 aliphatic carbocycles. The molecular formula is C20H29N3O. The lowest BCUT2D eigenvalue weighted by molar-refractivity contribution is -0.0400. The fourth-order valence-corrected chi connectivity index (χ4v) is 3.89. The topological polar surface area (TPSA) is 57.9 Å². The largest absolute Gasteiger partial charge is 0.370 e. The molecule has 0 unspecified atom stereocenters. The fraction of sp³-hybridized carbons (Fsp3) is 0.700. The molecule has 130 valence electrons. The number of ether oxygens (including phenoxy) is 1. The molecule has 1 aliphatic heterocycles. The Morgan fingerprint density at radius 2 is 1.92 bits per heavy atom. The molecular weight excluding hydrogens is 298 g/mol. The van der Waals surface area contributed by atoms with Crippen LogP contribution in [-0.4, -0.2) is 16.6 Å². The summed E-state index contributed by atoms with van der Waals surface area (Å²) in [6, 6.07) is 2.93. The summed E-state index contributed by atoms with van der Waals surface area (Å²) in [5.74, 6) is 1.19. The van der Waals surface area contributed by atoms with E-state index in [2.05, 4.69) is 39.1 Å². The van der Waals surface area contributed by atoms with Crippen molar-refractivity contribution in [2.75, 3.05) is 5.32 Å². The maximum absolute atomic E-state index is 9.75. The normalized spacial score (nSPS) is 20.5. The maximum atomic E-state index is 9.75. The van der Waals surface area contributed by atoms with Crippen LogP contribution < -0.4 is 5.32 Å². The standard InChI is InChI=1S/C20H29N3O/c1-13(2)18-16(11-21)15-10-20(3,4)24-12-17(15)19(23-18)22-14-8-6-5-7-9-14/h13-14H,5-10,12H2,1-4H3,(H,22,23). The quantitative estimate of drug-likeness (QED) is 0.876. The van der Waals surface area contributed by atoms with Crippen LogP contribution in [-0.2, 0) is 17.8 Å². The summed E-state index contributed by atoms with van der Waals surface area (Å²) in [6.07, 6.45) is 7.10. The number of hydrogen-bond donors (Lipinski definition) is 1. The molecule has 2 aliphatic rings. The van der Waals surface area contributed by atoms with E-state index < -0.39 is 0 Å². The zero-order chi connectivity index (χ0) is 17.3. The van der Waals surface area contributed by atoms with Gasteiger partial charge in [0.15, 0.2) is 0 Å². The summed E-state index contributed by atoms with van der Waals surface area (Å²) in [6.45, 7) is 8.97. The summed E-state index contributed by atoms with van der Waals surface area (Å²) >= 11 is 0. The number of hydrogen-bond acceptors (Lipinski definition) is 4. The highest BCUT2D eigenvalue weighted by molar-refractivity contribution is 5.58. The summed E-state index contributed by atoms with van der Waals surface area (Å²) in [5.41, 5.74) is 3.71. The van der Waals surface area contributed by atoms with Crippen molar-refractivity contribution >= 4 is 5.82 Å². The van der Waals surface area contributed by atoms with Crippen LogP contribution in [0.2, 0.25) is 0 Å². The van der Waals surface area contributed by atoms with Crippen LogP contribution in [0.15, 0.2) is 0 Å². The van der Waals surface area contributed by atoms with Crippen LogP contribution in [0.5, 0.6) is 0 Å². The average molecular weight is 327 g/mol. The minimum absolute atomic E-state index is 0.226. The number of nitrogens with zero attached hydrogens (tertiary/aromatic N) is 2. The molecule has 1 fully saturated rings. The number of nitrogens with one attached hydrogen (secondary N) is 1. The molecule has 1 saturated carbocycles. The predicted molar refractivity (Wildman–Crippen MR) is 96.1 cm³/mol. The Bertz CT molecular complexity index is 652. The highest BCUT2D eigenvalue weighted by Crippen LogP contribution is 2.37. The molecule has 1 N–H and O–H groups in total. The number of fused-ring (bicyclic) bond motifs is 1. The molecule has 0 aromatic carbocycles. The lowest BCUT2D eigenvalue weighted by atomic mass is 9.86. The van der Waals surface area contributed by atoms with Crippen molar-refractivity contribution in [3.05, 3.63) is 22.4 Å². The Hall–Kier alpha value is -1.60. The van der Waals surface area contributed by atoms with E-state index in [1.54, 1.807) is 0 Å². The summed E-state index contributed by atoms with van der Waals surface area (Å²) in [7, 11) is 0. The Kier molecular flexibility index (Phi) is 4.83. The van der Waals surface area contributed by atoms with Gasteiger partial charge in [-0.25, -0.2) is 4.98 Å². The zero-order valence-corrected chi connectivity index (χ0v) is 15.4. The predicted octanol–water partition coefficient (Wildman–Crippen LogP) is 4.67. The van der Waals surface area contributed by atoms with Crippen molar-refractivity contribution < 1.29 is 4.74 Å². The Balaban J connectivity index is 2.05. The number of anilines is 1. The van der Waals surface area contributed by atoms with Gasteiger partial charge in [0.2, 0.25) is 0 Å². The van der Waals surface area contributed by atoms with Gasteiger partial charge < -0.3 is 10.1 Å². The third kappa shape index (κ3) is 3.42. The maximum Gasteiger partial charge on any atom is 0.132 e. The average Bonchev–Trinajstić information content (AvgIpc) is 2.54. The van der Waals surface area contributed by atoms with E-state index in [1.807, 2.05) is 0 Å². The molecule has 24 heavy (non-hydrogen) atoms. The van der Waals surface area contributed by atoms with Gasteiger partial charge in [0.25, 0.3) is 0 Å². The van der Waals surface area contributed by atoms with Crippen molar-refractivity contribution in [1.29, 1.82) is 5.26 Å². The van der Waals surface area contributed by atoms with E-state index in [1.165, 1.54) is 32.1 Å². The molecule has 2 heterocycles. The van der Waals surface area contributed by atoms with E-state index in [9.17, 15) is 5.26 Å². The molecule has 0 amide bonds.